The van der Waals surface area contributed by atoms with Crippen LogP contribution in [0.5, 0.6) is 0 Å². The molecule has 0 aromatic carbocycles. The van der Waals surface area contributed by atoms with Gasteiger partial charge in [-0.15, -0.1) is 0 Å². The molecule has 2 amide bonds. The van der Waals surface area contributed by atoms with E-state index in [2.05, 4.69) is 25.9 Å². The summed E-state index contributed by atoms with van der Waals surface area (Å²) in [6.07, 6.45) is 9.87. The number of hydrogen-bond donors (Lipinski definition) is 2. The highest BCUT2D eigenvalue weighted by atomic mass is 16.5. The normalized spacial score (nSPS) is 15.3. The van der Waals surface area contributed by atoms with Gasteiger partial charge in [0.1, 0.15) is 23.7 Å². The molecule has 0 aliphatic heterocycles. The van der Waals surface area contributed by atoms with E-state index in [1.807, 2.05) is 20.0 Å². The summed E-state index contributed by atoms with van der Waals surface area (Å²) in [6.45, 7) is 3.69. The maximum atomic E-state index is 13.2. The van der Waals surface area contributed by atoms with Crippen molar-refractivity contribution in [2.24, 2.45) is 13.0 Å². The van der Waals surface area contributed by atoms with Crippen molar-refractivity contribution in [3.8, 4) is 11.3 Å². The fourth-order valence-electron chi connectivity index (χ4n) is 4.37. The third-order valence-corrected chi connectivity index (χ3v) is 6.09. The zero-order valence-electron chi connectivity index (χ0n) is 18.6. The molecule has 9 nitrogen and oxygen atoms in total. The van der Waals surface area contributed by atoms with Crippen molar-refractivity contribution < 1.29 is 14.1 Å². The number of pyridine rings is 1. The Labute approximate surface area is 186 Å². The summed E-state index contributed by atoms with van der Waals surface area (Å²) in [5.41, 5.74) is 3.78. The minimum absolute atomic E-state index is 0.0734. The van der Waals surface area contributed by atoms with Crippen LogP contribution in [0, 0.1) is 19.8 Å². The second-order valence-electron chi connectivity index (χ2n) is 8.38. The van der Waals surface area contributed by atoms with Gasteiger partial charge in [0, 0.05) is 18.8 Å². The molecule has 1 fully saturated rings. The highest BCUT2D eigenvalue weighted by Gasteiger charge is 2.32. The molecule has 32 heavy (non-hydrogen) atoms. The van der Waals surface area contributed by atoms with Crippen LogP contribution >= 0.6 is 0 Å². The summed E-state index contributed by atoms with van der Waals surface area (Å²) in [7, 11) is 1.88. The number of hydrogen-bond acceptors (Lipinski definition) is 6. The van der Waals surface area contributed by atoms with Gasteiger partial charge in [-0.25, -0.2) is 4.98 Å². The van der Waals surface area contributed by atoms with Crippen molar-refractivity contribution >= 4 is 17.6 Å². The fraction of sp³-hybridized carbons (Fsp3) is 0.435. The van der Waals surface area contributed by atoms with Crippen LogP contribution in [0.3, 0.4) is 0 Å². The van der Waals surface area contributed by atoms with Crippen LogP contribution in [0.15, 0.2) is 35.3 Å². The fourth-order valence-corrected chi connectivity index (χ4v) is 4.37. The molecule has 9 heteroatoms. The predicted octanol–water partition coefficient (Wildman–Crippen LogP) is 3.40. The first-order valence-corrected chi connectivity index (χ1v) is 10.9. The first-order valence-electron chi connectivity index (χ1n) is 10.9. The molecule has 0 spiro atoms. The van der Waals surface area contributed by atoms with Crippen molar-refractivity contribution in [3.05, 3.63) is 47.6 Å². The number of anilines is 1. The summed E-state index contributed by atoms with van der Waals surface area (Å²) in [5, 5.41) is 13.8. The van der Waals surface area contributed by atoms with Crippen LogP contribution in [-0.4, -0.2) is 37.8 Å². The number of aryl methyl sites for hydroxylation is 3. The Morgan fingerprint density at radius 2 is 1.94 bits per heavy atom. The minimum Gasteiger partial charge on any atom is -0.364 e. The molecular formula is C23H28N6O3. The lowest BCUT2D eigenvalue weighted by Gasteiger charge is -2.29. The first-order chi connectivity index (χ1) is 15.4. The molecule has 0 bridgehead atoms. The molecule has 1 aliphatic carbocycles. The lowest BCUT2D eigenvalue weighted by atomic mass is 9.83. The van der Waals surface area contributed by atoms with Gasteiger partial charge in [-0.05, 0) is 50.3 Å². The third-order valence-electron chi connectivity index (χ3n) is 6.09. The third kappa shape index (κ3) is 4.56. The molecule has 4 rings (SSSR count). The SMILES string of the molecule is Cc1cnn(C)c1-c1ccc(NC(=O)C(NC(=O)c2conc2C)C2CCCCC2)nc1. The first kappa shape index (κ1) is 21.7. The smallest absolute Gasteiger partial charge is 0.257 e. The molecule has 3 heterocycles. The van der Waals surface area contributed by atoms with Crippen LogP contribution in [0.4, 0.5) is 5.82 Å². The number of amides is 2. The zero-order chi connectivity index (χ0) is 22.7. The Morgan fingerprint density at radius 1 is 1.16 bits per heavy atom. The summed E-state index contributed by atoms with van der Waals surface area (Å²) in [4.78, 5) is 30.4. The minimum atomic E-state index is -0.655. The molecule has 1 saturated carbocycles. The van der Waals surface area contributed by atoms with E-state index in [-0.39, 0.29) is 17.7 Å². The predicted molar refractivity (Wildman–Crippen MR) is 119 cm³/mol. The molecule has 1 unspecified atom stereocenters. The van der Waals surface area contributed by atoms with Gasteiger partial charge in [0.15, 0.2) is 0 Å². The lowest BCUT2D eigenvalue weighted by Crippen LogP contribution is -2.49. The Bertz CT molecular complexity index is 1080. The molecule has 1 aliphatic rings. The van der Waals surface area contributed by atoms with Gasteiger partial charge in [-0.3, -0.25) is 14.3 Å². The monoisotopic (exact) mass is 436 g/mol. The van der Waals surface area contributed by atoms with Crippen LogP contribution in [-0.2, 0) is 11.8 Å². The van der Waals surface area contributed by atoms with E-state index in [1.54, 1.807) is 30.1 Å². The standard InChI is InChI=1S/C23H28N6O3/c1-14-11-25-29(3)21(14)17-9-10-19(24-12-17)26-23(31)20(16-7-5-4-6-8-16)27-22(30)18-13-32-28-15(18)2/h9-13,16,20H,4-8H2,1-3H3,(H,27,30)(H,24,26,31). The Balaban J connectivity index is 1.50. The molecule has 3 aromatic heterocycles. The number of rotatable bonds is 6. The van der Waals surface area contributed by atoms with Crippen LogP contribution in [0.25, 0.3) is 11.3 Å². The number of nitrogens with one attached hydrogen (secondary N) is 2. The van der Waals surface area contributed by atoms with Crippen LogP contribution < -0.4 is 10.6 Å². The van der Waals surface area contributed by atoms with Gasteiger partial charge in [0.05, 0.1) is 17.6 Å². The summed E-state index contributed by atoms with van der Waals surface area (Å²) < 4.78 is 6.68. The molecule has 2 N–H and O–H groups in total. The summed E-state index contributed by atoms with van der Waals surface area (Å²) in [6, 6.07) is 3.02. The van der Waals surface area contributed by atoms with Gasteiger partial charge in [-0.1, -0.05) is 24.4 Å². The van der Waals surface area contributed by atoms with Crippen molar-refractivity contribution in [2.45, 2.75) is 52.0 Å². The maximum absolute atomic E-state index is 13.2. The largest absolute Gasteiger partial charge is 0.364 e. The summed E-state index contributed by atoms with van der Waals surface area (Å²) in [5.74, 6) is -0.111. The topological polar surface area (TPSA) is 115 Å². The van der Waals surface area contributed by atoms with Crippen LogP contribution in [0.1, 0.15) is 53.7 Å². The van der Waals surface area contributed by atoms with E-state index < -0.39 is 6.04 Å². The van der Waals surface area contributed by atoms with E-state index in [0.717, 1.165) is 48.9 Å². The average molecular weight is 437 g/mol. The van der Waals surface area contributed by atoms with Crippen molar-refractivity contribution in [2.75, 3.05) is 5.32 Å². The second kappa shape index (κ2) is 9.33. The molecule has 0 saturated heterocycles. The number of carbonyl (C=O) groups is 2. The molecule has 3 aromatic rings. The van der Waals surface area contributed by atoms with E-state index in [9.17, 15) is 9.59 Å². The zero-order valence-corrected chi connectivity index (χ0v) is 18.6. The van der Waals surface area contributed by atoms with Gasteiger partial charge < -0.3 is 15.2 Å². The number of carbonyl (C=O) groups excluding carboxylic acids is 2. The van der Waals surface area contributed by atoms with E-state index in [4.69, 9.17) is 4.52 Å². The van der Waals surface area contributed by atoms with Gasteiger partial charge >= 0.3 is 0 Å². The van der Waals surface area contributed by atoms with Gasteiger partial charge in [0.2, 0.25) is 5.91 Å². The average Bonchev–Trinajstić information content (AvgIpc) is 3.37. The second-order valence-corrected chi connectivity index (χ2v) is 8.38. The Hall–Kier alpha value is -3.49. The summed E-state index contributed by atoms with van der Waals surface area (Å²) >= 11 is 0. The Morgan fingerprint density at radius 3 is 2.53 bits per heavy atom. The molecule has 0 radical (unpaired) electrons. The van der Waals surface area contributed by atoms with E-state index >= 15 is 0 Å². The van der Waals surface area contributed by atoms with Crippen molar-refractivity contribution in [3.63, 3.8) is 0 Å². The molecular weight excluding hydrogens is 408 g/mol. The maximum Gasteiger partial charge on any atom is 0.257 e. The Kier molecular flexibility index (Phi) is 6.34. The van der Waals surface area contributed by atoms with E-state index in [0.29, 0.717) is 17.1 Å². The van der Waals surface area contributed by atoms with Crippen LogP contribution in [0.2, 0.25) is 0 Å². The number of nitrogens with zero attached hydrogens (tertiary/aromatic N) is 4. The molecule has 168 valence electrons. The quantitative estimate of drug-likeness (QED) is 0.612. The number of aromatic nitrogens is 4. The van der Waals surface area contributed by atoms with E-state index in [1.165, 1.54) is 6.26 Å². The highest BCUT2D eigenvalue weighted by molar-refractivity contribution is 6.01. The highest BCUT2D eigenvalue weighted by Crippen LogP contribution is 2.28. The molecule has 1 atom stereocenters. The lowest BCUT2D eigenvalue weighted by molar-refractivity contribution is -0.119. The van der Waals surface area contributed by atoms with Gasteiger partial charge in [0.25, 0.3) is 5.91 Å². The van der Waals surface area contributed by atoms with Crippen molar-refractivity contribution in [1.29, 1.82) is 0 Å². The van der Waals surface area contributed by atoms with Crippen molar-refractivity contribution in [1.82, 2.24) is 25.2 Å². The van der Waals surface area contributed by atoms with Gasteiger partial charge in [-0.2, -0.15) is 5.10 Å².